The maximum atomic E-state index is 9.07. The van der Waals surface area contributed by atoms with Crippen molar-refractivity contribution in [3.05, 3.63) is 46.2 Å². The van der Waals surface area contributed by atoms with Crippen LogP contribution < -0.4 is 0 Å². The Balaban J connectivity index is 2.30. The van der Waals surface area contributed by atoms with Gasteiger partial charge in [-0.3, -0.25) is 0 Å². The molecule has 0 aliphatic rings. The molecule has 0 bridgehead atoms. The first-order valence-corrected chi connectivity index (χ1v) is 6.55. The fraction of sp³-hybridized carbons (Fsp3) is 0.357. The second-order valence-electron chi connectivity index (χ2n) is 4.88. The van der Waals surface area contributed by atoms with E-state index >= 15 is 0 Å². The number of nitriles is 1. The van der Waals surface area contributed by atoms with Gasteiger partial charge in [-0.25, -0.2) is 4.68 Å². The van der Waals surface area contributed by atoms with Gasteiger partial charge in [0.25, 0.3) is 0 Å². The van der Waals surface area contributed by atoms with Crippen LogP contribution in [-0.2, 0) is 13.0 Å². The van der Waals surface area contributed by atoms with Gasteiger partial charge in [-0.15, -0.1) is 5.10 Å². The van der Waals surface area contributed by atoms with E-state index in [-0.39, 0.29) is 0 Å². The molecule has 0 N–H and O–H groups in total. The summed E-state index contributed by atoms with van der Waals surface area (Å²) in [5, 5.41) is 17.8. The maximum absolute atomic E-state index is 9.07. The highest BCUT2D eigenvalue weighted by molar-refractivity contribution is 6.30. The van der Waals surface area contributed by atoms with Gasteiger partial charge in [-0.05, 0) is 30.0 Å². The Morgan fingerprint density at radius 3 is 2.84 bits per heavy atom. The fourth-order valence-electron chi connectivity index (χ4n) is 1.94. The Labute approximate surface area is 117 Å². The normalized spacial score (nSPS) is 10.7. The molecule has 0 saturated carbocycles. The number of rotatable bonds is 4. The standard InChI is InChI=1S/C14H15ClN4/c1-10(2)6-14-13(8-16)17-18-19(14)9-11-4-3-5-12(15)7-11/h3-5,7,10H,6,9H2,1-2H3. The topological polar surface area (TPSA) is 54.5 Å². The summed E-state index contributed by atoms with van der Waals surface area (Å²) in [5.74, 6) is 0.448. The molecular weight excluding hydrogens is 260 g/mol. The zero-order chi connectivity index (χ0) is 13.8. The Hall–Kier alpha value is -1.86. The minimum Gasteiger partial charge on any atom is -0.244 e. The molecule has 0 saturated heterocycles. The Morgan fingerprint density at radius 2 is 2.21 bits per heavy atom. The second kappa shape index (κ2) is 5.85. The van der Waals surface area contributed by atoms with Gasteiger partial charge >= 0.3 is 0 Å². The van der Waals surface area contributed by atoms with Crippen molar-refractivity contribution in [2.75, 3.05) is 0 Å². The number of benzene rings is 1. The predicted molar refractivity (Wildman–Crippen MR) is 73.8 cm³/mol. The average Bonchev–Trinajstić information content (AvgIpc) is 2.71. The molecule has 0 fully saturated rings. The number of aromatic nitrogens is 3. The van der Waals surface area contributed by atoms with Crippen LogP contribution in [0.25, 0.3) is 0 Å². The van der Waals surface area contributed by atoms with Crippen molar-refractivity contribution in [3.8, 4) is 6.07 Å². The van der Waals surface area contributed by atoms with Gasteiger partial charge < -0.3 is 0 Å². The third-order valence-electron chi connectivity index (χ3n) is 2.77. The smallest absolute Gasteiger partial charge is 0.185 e. The van der Waals surface area contributed by atoms with Gasteiger partial charge in [0.1, 0.15) is 6.07 Å². The minimum atomic E-state index is 0.413. The van der Waals surface area contributed by atoms with E-state index in [1.54, 1.807) is 4.68 Å². The molecule has 1 heterocycles. The first kappa shape index (κ1) is 13.6. The highest BCUT2D eigenvalue weighted by Crippen LogP contribution is 2.15. The molecular formula is C14H15ClN4. The van der Waals surface area contributed by atoms with Crippen molar-refractivity contribution >= 4 is 11.6 Å². The second-order valence-corrected chi connectivity index (χ2v) is 5.32. The molecule has 5 heteroatoms. The summed E-state index contributed by atoms with van der Waals surface area (Å²) >= 11 is 5.97. The summed E-state index contributed by atoms with van der Waals surface area (Å²) in [6, 6.07) is 9.72. The molecule has 98 valence electrons. The van der Waals surface area contributed by atoms with Crippen LogP contribution in [-0.4, -0.2) is 15.0 Å². The largest absolute Gasteiger partial charge is 0.244 e. The van der Waals surface area contributed by atoms with E-state index in [2.05, 4.69) is 30.2 Å². The number of hydrogen-bond acceptors (Lipinski definition) is 3. The first-order chi connectivity index (χ1) is 9.10. The monoisotopic (exact) mass is 274 g/mol. The molecule has 0 spiro atoms. The Morgan fingerprint density at radius 1 is 1.42 bits per heavy atom. The summed E-state index contributed by atoms with van der Waals surface area (Å²) in [7, 11) is 0. The highest BCUT2D eigenvalue weighted by atomic mass is 35.5. The summed E-state index contributed by atoms with van der Waals surface area (Å²) in [5.41, 5.74) is 2.35. The predicted octanol–water partition coefficient (Wildman–Crippen LogP) is 3.05. The minimum absolute atomic E-state index is 0.413. The van der Waals surface area contributed by atoms with Crippen LogP contribution in [0, 0.1) is 17.2 Å². The summed E-state index contributed by atoms with van der Waals surface area (Å²) in [4.78, 5) is 0. The molecule has 0 atom stereocenters. The fourth-order valence-corrected chi connectivity index (χ4v) is 2.16. The lowest BCUT2D eigenvalue weighted by atomic mass is 10.1. The van der Waals surface area contributed by atoms with Crippen molar-refractivity contribution in [2.45, 2.75) is 26.8 Å². The Kier molecular flexibility index (Phi) is 4.18. The molecule has 1 aromatic heterocycles. The molecule has 2 aromatic rings. The van der Waals surface area contributed by atoms with Crippen molar-refractivity contribution in [2.24, 2.45) is 5.92 Å². The lowest BCUT2D eigenvalue weighted by molar-refractivity contribution is 0.564. The SMILES string of the molecule is CC(C)Cc1c(C#N)nnn1Cc1cccc(Cl)c1. The van der Waals surface area contributed by atoms with E-state index in [0.717, 1.165) is 17.7 Å². The molecule has 19 heavy (non-hydrogen) atoms. The van der Waals surface area contributed by atoms with Gasteiger partial charge in [-0.1, -0.05) is 42.8 Å². The van der Waals surface area contributed by atoms with E-state index in [0.29, 0.717) is 23.2 Å². The van der Waals surface area contributed by atoms with Gasteiger partial charge in [0.05, 0.1) is 12.2 Å². The molecule has 1 aromatic carbocycles. The quantitative estimate of drug-likeness (QED) is 0.861. The zero-order valence-corrected chi connectivity index (χ0v) is 11.7. The van der Waals surface area contributed by atoms with Gasteiger partial charge in [0.2, 0.25) is 0 Å². The molecule has 2 rings (SSSR count). The van der Waals surface area contributed by atoms with Crippen molar-refractivity contribution in [1.82, 2.24) is 15.0 Å². The van der Waals surface area contributed by atoms with Crippen molar-refractivity contribution < 1.29 is 0 Å². The molecule has 4 nitrogen and oxygen atoms in total. The van der Waals surface area contributed by atoms with Crippen LogP contribution in [0.4, 0.5) is 0 Å². The maximum Gasteiger partial charge on any atom is 0.185 e. The average molecular weight is 275 g/mol. The van der Waals surface area contributed by atoms with Crippen LogP contribution in [0.5, 0.6) is 0 Å². The van der Waals surface area contributed by atoms with Crippen LogP contribution in [0.3, 0.4) is 0 Å². The summed E-state index contributed by atoms with van der Waals surface area (Å²) in [6.07, 6.45) is 0.788. The molecule has 0 aliphatic carbocycles. The van der Waals surface area contributed by atoms with E-state index in [1.807, 2.05) is 24.3 Å². The van der Waals surface area contributed by atoms with E-state index in [4.69, 9.17) is 16.9 Å². The van der Waals surface area contributed by atoms with E-state index < -0.39 is 0 Å². The molecule has 0 unspecified atom stereocenters. The first-order valence-electron chi connectivity index (χ1n) is 6.17. The van der Waals surface area contributed by atoms with Crippen LogP contribution in [0.1, 0.15) is 30.8 Å². The van der Waals surface area contributed by atoms with Gasteiger partial charge in [-0.2, -0.15) is 5.26 Å². The highest BCUT2D eigenvalue weighted by Gasteiger charge is 2.14. The van der Waals surface area contributed by atoms with Crippen LogP contribution >= 0.6 is 11.6 Å². The van der Waals surface area contributed by atoms with Gasteiger partial charge in [0, 0.05) is 5.02 Å². The molecule has 0 aliphatic heterocycles. The third-order valence-corrected chi connectivity index (χ3v) is 3.00. The number of hydrogen-bond donors (Lipinski definition) is 0. The van der Waals surface area contributed by atoms with E-state index in [9.17, 15) is 0 Å². The number of nitrogens with zero attached hydrogens (tertiary/aromatic N) is 4. The summed E-state index contributed by atoms with van der Waals surface area (Å²) in [6.45, 7) is 4.80. The van der Waals surface area contributed by atoms with Crippen molar-refractivity contribution in [1.29, 1.82) is 5.26 Å². The van der Waals surface area contributed by atoms with E-state index in [1.165, 1.54) is 0 Å². The van der Waals surface area contributed by atoms with Crippen LogP contribution in [0.2, 0.25) is 5.02 Å². The lowest BCUT2D eigenvalue weighted by Crippen LogP contribution is -2.09. The van der Waals surface area contributed by atoms with Gasteiger partial charge in [0.15, 0.2) is 5.69 Å². The molecule has 0 radical (unpaired) electrons. The lowest BCUT2D eigenvalue weighted by Gasteiger charge is -2.09. The zero-order valence-electron chi connectivity index (χ0n) is 11.0. The van der Waals surface area contributed by atoms with Crippen LogP contribution in [0.15, 0.2) is 24.3 Å². The summed E-state index contributed by atoms with van der Waals surface area (Å²) < 4.78 is 1.78. The molecule has 0 amide bonds. The third kappa shape index (κ3) is 3.33. The van der Waals surface area contributed by atoms with Crippen molar-refractivity contribution in [3.63, 3.8) is 0 Å². The number of halogens is 1. The Bertz CT molecular complexity index is 610.